The largest absolute Gasteiger partial charge is 0.357 e. The van der Waals surface area contributed by atoms with Gasteiger partial charge in [-0.1, -0.05) is 18.2 Å². The molecule has 22 heavy (non-hydrogen) atoms. The first-order valence-electron chi connectivity index (χ1n) is 7.00. The van der Waals surface area contributed by atoms with Crippen molar-refractivity contribution in [2.45, 2.75) is 29.8 Å². The molecule has 2 N–H and O–H groups in total. The lowest BCUT2D eigenvalue weighted by Gasteiger charge is -2.29. The third-order valence-corrected chi connectivity index (χ3v) is 5.70. The van der Waals surface area contributed by atoms with Gasteiger partial charge in [0.25, 0.3) is 0 Å². The van der Waals surface area contributed by atoms with E-state index in [-0.39, 0.29) is 4.90 Å². The molecule has 2 rings (SSSR count). The molecule has 1 aliphatic rings. The number of hydrogen-bond donors (Lipinski definition) is 2. The first-order valence-corrected chi connectivity index (χ1v) is 8.44. The van der Waals surface area contributed by atoms with Crippen molar-refractivity contribution in [1.82, 2.24) is 14.9 Å². The van der Waals surface area contributed by atoms with Gasteiger partial charge in [0.2, 0.25) is 22.3 Å². The van der Waals surface area contributed by atoms with Gasteiger partial charge in [-0.2, -0.15) is 4.31 Å². The zero-order chi connectivity index (χ0) is 16.2. The Morgan fingerprint density at radius 3 is 2.64 bits per heavy atom. The molecule has 7 nitrogen and oxygen atoms in total. The summed E-state index contributed by atoms with van der Waals surface area (Å²) in [6.45, 7) is 0.329. The van der Waals surface area contributed by atoms with Gasteiger partial charge in [0.05, 0.1) is 10.9 Å². The lowest BCUT2D eigenvalue weighted by atomic mass is 10.1. The molecule has 0 radical (unpaired) electrons. The number of carbonyl (C=O) groups is 2. The minimum Gasteiger partial charge on any atom is -0.357 e. The average molecular weight is 325 g/mol. The highest BCUT2D eigenvalue weighted by molar-refractivity contribution is 7.89. The minimum absolute atomic E-state index is 0.184. The normalized spacial score (nSPS) is 20.3. The van der Waals surface area contributed by atoms with Crippen molar-refractivity contribution in [3.8, 4) is 0 Å². The molecule has 0 bridgehead atoms. The molecule has 1 fully saturated rings. The van der Waals surface area contributed by atoms with E-state index < -0.39 is 28.0 Å². The number of nitrogens with one attached hydrogen (secondary N) is 2. The second-order valence-corrected chi connectivity index (χ2v) is 6.91. The summed E-state index contributed by atoms with van der Waals surface area (Å²) < 4.78 is 26.8. The van der Waals surface area contributed by atoms with Crippen molar-refractivity contribution in [2.24, 2.45) is 0 Å². The van der Waals surface area contributed by atoms with Crippen molar-refractivity contribution in [3.63, 3.8) is 0 Å². The number of amides is 2. The van der Waals surface area contributed by atoms with Crippen LogP contribution in [0.2, 0.25) is 0 Å². The summed E-state index contributed by atoms with van der Waals surface area (Å²) in [6.07, 6.45) is 1.58. The molecule has 8 heteroatoms. The molecule has 0 aromatic heterocycles. The van der Waals surface area contributed by atoms with Gasteiger partial charge >= 0.3 is 0 Å². The molecule has 1 aliphatic heterocycles. The van der Waals surface area contributed by atoms with Gasteiger partial charge in [0.1, 0.15) is 6.04 Å². The van der Waals surface area contributed by atoms with Gasteiger partial charge in [-0.15, -0.1) is 0 Å². The molecule has 1 aromatic rings. The first-order chi connectivity index (χ1) is 10.5. The van der Waals surface area contributed by atoms with Crippen LogP contribution in [0, 0.1) is 0 Å². The summed E-state index contributed by atoms with van der Waals surface area (Å²) in [4.78, 5) is 22.9. The van der Waals surface area contributed by atoms with Gasteiger partial charge in [-0.3, -0.25) is 9.59 Å². The van der Waals surface area contributed by atoms with Crippen LogP contribution in [0.25, 0.3) is 0 Å². The van der Waals surface area contributed by atoms with Crippen LogP contribution in [-0.4, -0.2) is 50.7 Å². The van der Waals surface area contributed by atoms with Crippen LogP contribution in [0.3, 0.4) is 0 Å². The summed E-state index contributed by atoms with van der Waals surface area (Å²) in [5.41, 5.74) is 0. The zero-order valence-corrected chi connectivity index (χ0v) is 13.0. The number of hydrogen-bond acceptors (Lipinski definition) is 4. The maximum absolute atomic E-state index is 12.7. The van der Waals surface area contributed by atoms with Crippen LogP contribution in [0.5, 0.6) is 0 Å². The van der Waals surface area contributed by atoms with Crippen molar-refractivity contribution < 1.29 is 18.0 Å². The van der Waals surface area contributed by atoms with Gasteiger partial charge in [0, 0.05) is 13.6 Å². The summed E-state index contributed by atoms with van der Waals surface area (Å²) in [5, 5.41) is 4.89. The van der Waals surface area contributed by atoms with Crippen LogP contribution in [0.4, 0.5) is 0 Å². The Balaban J connectivity index is 2.33. The molecule has 0 aliphatic carbocycles. The molecule has 2 atom stereocenters. The molecular formula is C14H19N3O4S. The third kappa shape index (κ3) is 3.12. The van der Waals surface area contributed by atoms with Crippen molar-refractivity contribution in [1.29, 1.82) is 0 Å². The Hall–Kier alpha value is -1.93. The van der Waals surface area contributed by atoms with Crippen LogP contribution in [-0.2, 0) is 19.6 Å². The van der Waals surface area contributed by atoms with Crippen LogP contribution in [0.1, 0.15) is 12.8 Å². The Morgan fingerprint density at radius 2 is 2.05 bits per heavy atom. The number of likely N-dealkylation sites (N-methyl/N-ethyl adjacent to an activating group) is 1. The molecule has 1 heterocycles. The predicted octanol–water partition coefficient (Wildman–Crippen LogP) is -0.300. The fraction of sp³-hybridized carbons (Fsp3) is 0.429. The smallest absolute Gasteiger partial charge is 0.243 e. The molecule has 1 aromatic carbocycles. The van der Waals surface area contributed by atoms with Gasteiger partial charge in [-0.05, 0) is 25.0 Å². The van der Waals surface area contributed by atoms with E-state index in [2.05, 4.69) is 10.6 Å². The highest BCUT2D eigenvalue weighted by Gasteiger charge is 2.42. The lowest BCUT2D eigenvalue weighted by Crippen LogP contribution is -2.55. The van der Waals surface area contributed by atoms with E-state index in [1.54, 1.807) is 18.2 Å². The molecule has 2 amide bonds. The Morgan fingerprint density at radius 1 is 1.36 bits per heavy atom. The zero-order valence-electron chi connectivity index (χ0n) is 12.2. The first kappa shape index (κ1) is 16.4. The number of carbonyl (C=O) groups excluding carboxylic acids is 2. The van der Waals surface area contributed by atoms with E-state index in [9.17, 15) is 18.0 Å². The average Bonchev–Trinajstić information content (AvgIpc) is 3.02. The third-order valence-electron chi connectivity index (χ3n) is 3.76. The van der Waals surface area contributed by atoms with Gasteiger partial charge < -0.3 is 10.6 Å². The molecule has 2 unspecified atom stereocenters. The molecular weight excluding hydrogens is 306 g/mol. The van der Waals surface area contributed by atoms with E-state index in [1.165, 1.54) is 23.5 Å². The van der Waals surface area contributed by atoms with E-state index in [4.69, 9.17) is 0 Å². The number of rotatable bonds is 6. The Labute approximate surface area is 129 Å². The van der Waals surface area contributed by atoms with Crippen molar-refractivity contribution in [3.05, 3.63) is 30.3 Å². The standard InChI is InChI=1S/C14H19N3O4S/c1-15-14(19)13(16-10-18)12-8-5-9-17(12)22(20,21)11-6-3-2-4-7-11/h2-4,6-7,10,12-13H,5,8-9H2,1H3,(H,15,19)(H,16,18). The van der Waals surface area contributed by atoms with Gasteiger partial charge in [-0.25, -0.2) is 8.42 Å². The molecule has 0 saturated carbocycles. The maximum atomic E-state index is 12.7. The molecule has 0 spiro atoms. The van der Waals surface area contributed by atoms with Crippen molar-refractivity contribution in [2.75, 3.05) is 13.6 Å². The van der Waals surface area contributed by atoms with Crippen LogP contribution < -0.4 is 10.6 Å². The van der Waals surface area contributed by atoms with Crippen LogP contribution >= 0.6 is 0 Å². The van der Waals surface area contributed by atoms with E-state index in [0.29, 0.717) is 25.8 Å². The fourth-order valence-corrected chi connectivity index (χ4v) is 4.44. The number of benzene rings is 1. The number of sulfonamides is 1. The van der Waals surface area contributed by atoms with Crippen LogP contribution in [0.15, 0.2) is 35.2 Å². The SMILES string of the molecule is CNC(=O)C(NC=O)C1CCCN1S(=O)(=O)c1ccccc1. The van der Waals surface area contributed by atoms with Gasteiger partial charge in [0.15, 0.2) is 0 Å². The summed E-state index contributed by atoms with van der Waals surface area (Å²) in [6, 6.07) is 6.59. The fourth-order valence-electron chi connectivity index (χ4n) is 2.72. The topological polar surface area (TPSA) is 95.6 Å². The van der Waals surface area contributed by atoms with Crippen molar-refractivity contribution >= 4 is 22.3 Å². The summed E-state index contributed by atoms with van der Waals surface area (Å²) in [7, 11) is -2.24. The Kier molecular flexibility index (Phi) is 5.15. The summed E-state index contributed by atoms with van der Waals surface area (Å²) >= 11 is 0. The highest BCUT2D eigenvalue weighted by atomic mass is 32.2. The maximum Gasteiger partial charge on any atom is 0.243 e. The van der Waals surface area contributed by atoms with E-state index >= 15 is 0 Å². The summed E-state index contributed by atoms with van der Waals surface area (Å²) in [5.74, 6) is -0.410. The molecule has 1 saturated heterocycles. The second-order valence-electron chi connectivity index (χ2n) is 5.01. The van der Waals surface area contributed by atoms with E-state index in [0.717, 1.165) is 0 Å². The predicted molar refractivity (Wildman–Crippen MR) is 80.4 cm³/mol. The highest BCUT2D eigenvalue weighted by Crippen LogP contribution is 2.27. The monoisotopic (exact) mass is 325 g/mol. The minimum atomic E-state index is -3.70. The van der Waals surface area contributed by atoms with E-state index in [1.807, 2.05) is 0 Å². The number of nitrogens with zero attached hydrogens (tertiary/aromatic N) is 1. The second kappa shape index (κ2) is 6.89. The lowest BCUT2D eigenvalue weighted by molar-refractivity contribution is -0.126. The quantitative estimate of drug-likeness (QED) is 0.702. The molecule has 120 valence electrons. The Bertz CT molecular complexity index is 633.